The fourth-order valence-electron chi connectivity index (χ4n) is 2.05. The molecule has 2 aromatic heterocycles. The molecule has 0 atom stereocenters. The molecule has 0 aliphatic heterocycles. The summed E-state index contributed by atoms with van der Waals surface area (Å²) < 4.78 is 34.8. The Kier molecular flexibility index (Phi) is 3.72. The van der Waals surface area contributed by atoms with Gasteiger partial charge in [0.2, 0.25) is 15.8 Å². The van der Waals surface area contributed by atoms with Gasteiger partial charge in [-0.05, 0) is 18.2 Å². The maximum atomic E-state index is 11.6. The average Bonchev–Trinajstić information content (AvgIpc) is 2.98. The monoisotopic (exact) mass is 350 g/mol. The highest BCUT2D eigenvalue weighted by Gasteiger charge is 2.18. The molecule has 2 N–H and O–H groups in total. The minimum atomic E-state index is -3.61. The smallest absolute Gasteiger partial charge is 0.258 e. The highest BCUT2D eigenvalue weighted by atomic mass is 32.2. The van der Waals surface area contributed by atoms with Crippen LogP contribution in [0.15, 0.2) is 23.4 Å². The van der Waals surface area contributed by atoms with Crippen LogP contribution in [0.2, 0.25) is 0 Å². The number of methoxy groups -OCH3 is 2. The Morgan fingerprint density at radius 1 is 1.08 bits per heavy atom. The standard InChI is InChI=1S/C13H14N6O4S/c1-22-8-5-4-7(6-9(8)23-2)10-15-12-17-13(24(3,20)21)16-11(14)19(12)18-10/h4-6H,1-3H3,(H2,14,15,16,17,18). The number of rotatable bonds is 4. The summed E-state index contributed by atoms with van der Waals surface area (Å²) in [6, 6.07) is 5.13. The van der Waals surface area contributed by atoms with Gasteiger partial charge in [0, 0.05) is 11.8 Å². The number of fused-ring (bicyclic) bond motifs is 1. The van der Waals surface area contributed by atoms with Crippen LogP contribution < -0.4 is 15.2 Å². The lowest BCUT2D eigenvalue weighted by molar-refractivity contribution is 0.355. The molecule has 0 amide bonds. The topological polar surface area (TPSA) is 135 Å². The van der Waals surface area contributed by atoms with Crippen molar-refractivity contribution in [3.63, 3.8) is 0 Å². The first-order chi connectivity index (χ1) is 11.3. The van der Waals surface area contributed by atoms with E-state index in [1.165, 1.54) is 18.7 Å². The third-order valence-electron chi connectivity index (χ3n) is 3.19. The molecule has 24 heavy (non-hydrogen) atoms. The van der Waals surface area contributed by atoms with E-state index in [-0.39, 0.29) is 11.7 Å². The fraction of sp³-hybridized carbons (Fsp3) is 0.231. The molecule has 126 valence electrons. The van der Waals surface area contributed by atoms with Crippen LogP contribution in [0, 0.1) is 0 Å². The van der Waals surface area contributed by atoms with Crippen LogP contribution in [-0.2, 0) is 9.84 Å². The molecule has 0 aliphatic carbocycles. The fourth-order valence-corrected chi connectivity index (χ4v) is 2.56. The van der Waals surface area contributed by atoms with E-state index in [2.05, 4.69) is 20.1 Å². The summed E-state index contributed by atoms with van der Waals surface area (Å²) in [6.07, 6.45) is 0.990. The van der Waals surface area contributed by atoms with E-state index in [0.29, 0.717) is 22.9 Å². The van der Waals surface area contributed by atoms with Crippen molar-refractivity contribution in [3.05, 3.63) is 18.2 Å². The summed E-state index contributed by atoms with van der Waals surface area (Å²) in [5.74, 6) is 1.27. The maximum absolute atomic E-state index is 11.6. The van der Waals surface area contributed by atoms with Crippen LogP contribution in [0.5, 0.6) is 11.5 Å². The molecule has 0 spiro atoms. The summed E-state index contributed by atoms with van der Waals surface area (Å²) in [4.78, 5) is 11.8. The first-order valence-corrected chi connectivity index (χ1v) is 8.55. The van der Waals surface area contributed by atoms with Crippen molar-refractivity contribution in [1.29, 1.82) is 0 Å². The van der Waals surface area contributed by atoms with Gasteiger partial charge in [-0.2, -0.15) is 19.5 Å². The summed E-state index contributed by atoms with van der Waals surface area (Å²) in [5.41, 5.74) is 6.37. The van der Waals surface area contributed by atoms with Crippen molar-refractivity contribution >= 4 is 21.6 Å². The molecule has 10 nitrogen and oxygen atoms in total. The van der Waals surface area contributed by atoms with Crippen molar-refractivity contribution < 1.29 is 17.9 Å². The molecule has 11 heteroatoms. The van der Waals surface area contributed by atoms with Gasteiger partial charge in [0.25, 0.3) is 10.9 Å². The number of nitrogen functional groups attached to an aromatic ring is 1. The normalized spacial score (nSPS) is 11.6. The minimum Gasteiger partial charge on any atom is -0.493 e. The van der Waals surface area contributed by atoms with Crippen molar-refractivity contribution in [1.82, 2.24) is 24.6 Å². The van der Waals surface area contributed by atoms with Gasteiger partial charge >= 0.3 is 0 Å². The molecule has 0 aliphatic rings. The first kappa shape index (κ1) is 15.9. The van der Waals surface area contributed by atoms with Crippen LogP contribution in [-0.4, -0.2) is 53.5 Å². The Morgan fingerprint density at radius 2 is 1.79 bits per heavy atom. The molecule has 3 rings (SSSR count). The second-order valence-corrected chi connectivity index (χ2v) is 6.76. The van der Waals surface area contributed by atoms with Crippen molar-refractivity contribution in [3.8, 4) is 22.9 Å². The van der Waals surface area contributed by atoms with E-state index < -0.39 is 15.0 Å². The van der Waals surface area contributed by atoms with Crippen LogP contribution in [0.3, 0.4) is 0 Å². The van der Waals surface area contributed by atoms with Gasteiger partial charge in [0.15, 0.2) is 17.3 Å². The lowest BCUT2D eigenvalue weighted by atomic mass is 10.2. The largest absolute Gasteiger partial charge is 0.493 e. The number of aromatic nitrogens is 5. The average molecular weight is 350 g/mol. The Labute approximate surface area is 137 Å². The maximum Gasteiger partial charge on any atom is 0.258 e. The van der Waals surface area contributed by atoms with E-state index >= 15 is 0 Å². The molecule has 0 bridgehead atoms. The van der Waals surface area contributed by atoms with Gasteiger partial charge < -0.3 is 15.2 Å². The molecule has 0 saturated carbocycles. The van der Waals surface area contributed by atoms with Crippen LogP contribution in [0.4, 0.5) is 5.95 Å². The van der Waals surface area contributed by atoms with Crippen molar-refractivity contribution in [2.75, 3.05) is 26.2 Å². The van der Waals surface area contributed by atoms with Gasteiger partial charge in [-0.25, -0.2) is 8.42 Å². The van der Waals surface area contributed by atoms with E-state index in [9.17, 15) is 8.42 Å². The Balaban J connectivity index is 2.16. The quantitative estimate of drug-likeness (QED) is 0.699. The van der Waals surface area contributed by atoms with Gasteiger partial charge in [0.1, 0.15) is 0 Å². The number of sulfone groups is 1. The summed E-state index contributed by atoms with van der Waals surface area (Å²) in [6.45, 7) is 0. The number of ether oxygens (including phenoxy) is 2. The van der Waals surface area contributed by atoms with Gasteiger partial charge in [-0.15, -0.1) is 5.10 Å². The minimum absolute atomic E-state index is 0.0349. The molecule has 0 fully saturated rings. The zero-order valence-corrected chi connectivity index (χ0v) is 13.9. The predicted octanol–water partition coefficient (Wildman–Crippen LogP) is 0.189. The number of nitrogens with two attached hydrogens (primary N) is 1. The number of hydrogen-bond donors (Lipinski definition) is 1. The SMILES string of the molecule is COc1ccc(-c2nc3nc(S(C)(=O)=O)nc(N)n3n2)cc1OC. The third kappa shape index (κ3) is 2.69. The number of nitrogens with zero attached hydrogens (tertiary/aromatic N) is 5. The Morgan fingerprint density at radius 3 is 2.42 bits per heavy atom. The van der Waals surface area contributed by atoms with E-state index in [1.807, 2.05) is 0 Å². The highest BCUT2D eigenvalue weighted by molar-refractivity contribution is 7.90. The lowest BCUT2D eigenvalue weighted by Gasteiger charge is -2.07. The van der Waals surface area contributed by atoms with Gasteiger partial charge in [-0.3, -0.25) is 0 Å². The van der Waals surface area contributed by atoms with E-state index in [4.69, 9.17) is 15.2 Å². The van der Waals surface area contributed by atoms with E-state index in [0.717, 1.165) is 6.26 Å². The molecule has 2 heterocycles. The summed E-state index contributed by atoms with van der Waals surface area (Å²) in [5, 5.41) is 3.80. The van der Waals surface area contributed by atoms with Gasteiger partial charge in [-0.1, -0.05) is 0 Å². The van der Waals surface area contributed by atoms with Crippen LogP contribution in [0.1, 0.15) is 0 Å². The molecule has 0 saturated heterocycles. The summed E-state index contributed by atoms with van der Waals surface area (Å²) in [7, 11) is -0.566. The van der Waals surface area contributed by atoms with Crippen molar-refractivity contribution in [2.24, 2.45) is 0 Å². The molecule has 3 aromatic rings. The zero-order valence-electron chi connectivity index (χ0n) is 13.1. The van der Waals surface area contributed by atoms with Gasteiger partial charge in [0.05, 0.1) is 14.2 Å². The van der Waals surface area contributed by atoms with Crippen molar-refractivity contribution in [2.45, 2.75) is 5.16 Å². The predicted molar refractivity (Wildman–Crippen MR) is 84.6 cm³/mol. The number of anilines is 1. The molecule has 1 aromatic carbocycles. The molecule has 0 unspecified atom stereocenters. The molecular formula is C13H14N6O4S. The zero-order chi connectivity index (χ0) is 17.5. The third-order valence-corrected chi connectivity index (χ3v) is 4.03. The van der Waals surface area contributed by atoms with E-state index in [1.54, 1.807) is 18.2 Å². The molecular weight excluding hydrogens is 336 g/mol. The Bertz CT molecular complexity index is 1030. The second kappa shape index (κ2) is 5.60. The number of hydrogen-bond acceptors (Lipinski definition) is 9. The molecule has 0 radical (unpaired) electrons. The second-order valence-electron chi connectivity index (χ2n) is 4.85. The van der Waals surface area contributed by atoms with Crippen LogP contribution in [0.25, 0.3) is 17.2 Å². The highest BCUT2D eigenvalue weighted by Crippen LogP contribution is 2.31. The summed E-state index contributed by atoms with van der Waals surface area (Å²) >= 11 is 0. The first-order valence-electron chi connectivity index (χ1n) is 6.66. The van der Waals surface area contributed by atoms with Crippen LogP contribution >= 0.6 is 0 Å². The Hall–Kier alpha value is -2.95. The lowest BCUT2D eigenvalue weighted by Crippen LogP contribution is -2.11. The number of benzene rings is 1.